The van der Waals surface area contributed by atoms with Crippen molar-refractivity contribution in [1.29, 1.82) is 0 Å². The molecule has 88 valence electrons. The van der Waals surface area contributed by atoms with Gasteiger partial charge in [-0.05, 0) is 18.3 Å². The van der Waals surface area contributed by atoms with Crippen molar-refractivity contribution in [2.24, 2.45) is 11.1 Å². The highest BCUT2D eigenvalue weighted by Gasteiger charge is 2.50. The van der Waals surface area contributed by atoms with Gasteiger partial charge in [-0.2, -0.15) is 4.98 Å². The van der Waals surface area contributed by atoms with E-state index in [0.717, 1.165) is 18.7 Å². The van der Waals surface area contributed by atoms with Crippen LogP contribution in [0.5, 0.6) is 0 Å². The van der Waals surface area contributed by atoms with Crippen LogP contribution >= 0.6 is 0 Å². The van der Waals surface area contributed by atoms with Crippen LogP contribution < -0.4 is 5.73 Å². The van der Waals surface area contributed by atoms with Gasteiger partial charge in [0.25, 0.3) is 0 Å². The molecule has 2 aliphatic rings. The van der Waals surface area contributed by atoms with Gasteiger partial charge in [0.2, 0.25) is 5.89 Å². The van der Waals surface area contributed by atoms with Crippen LogP contribution in [-0.2, 0) is 10.3 Å². The Morgan fingerprint density at radius 1 is 1.44 bits per heavy atom. The summed E-state index contributed by atoms with van der Waals surface area (Å²) in [5.41, 5.74) is 5.91. The van der Waals surface area contributed by atoms with Crippen molar-refractivity contribution in [1.82, 2.24) is 10.1 Å². The van der Waals surface area contributed by atoms with Crippen molar-refractivity contribution in [3.63, 3.8) is 0 Å². The van der Waals surface area contributed by atoms with E-state index >= 15 is 0 Å². The Labute approximate surface area is 94.3 Å². The van der Waals surface area contributed by atoms with Crippen molar-refractivity contribution < 1.29 is 9.26 Å². The molecular formula is C11H17N3O2. The summed E-state index contributed by atoms with van der Waals surface area (Å²) in [5, 5.41) is 4.04. The number of rotatable bonds is 2. The van der Waals surface area contributed by atoms with Crippen LogP contribution in [0.2, 0.25) is 0 Å². The molecule has 1 aliphatic heterocycles. The zero-order valence-corrected chi connectivity index (χ0v) is 9.69. The maximum atomic E-state index is 6.16. The van der Waals surface area contributed by atoms with Gasteiger partial charge in [-0.1, -0.05) is 19.0 Å². The second kappa shape index (κ2) is 3.05. The highest BCUT2D eigenvalue weighted by atomic mass is 16.5. The minimum atomic E-state index is -0.565. The lowest BCUT2D eigenvalue weighted by atomic mass is 10.0. The largest absolute Gasteiger partial charge is 0.379 e. The van der Waals surface area contributed by atoms with Gasteiger partial charge < -0.3 is 15.0 Å². The second-order valence-corrected chi connectivity index (χ2v) is 5.66. The summed E-state index contributed by atoms with van der Waals surface area (Å²) in [7, 11) is 0. The molecule has 2 N–H and O–H groups in total. The third-order valence-corrected chi connectivity index (χ3v) is 3.74. The number of ether oxygens (including phenoxy) is 1. The SMILES string of the molecule is CC1(C)CC1c1noc(C2(N)CCOC2)n1. The summed E-state index contributed by atoms with van der Waals surface area (Å²) < 4.78 is 10.6. The fraction of sp³-hybridized carbons (Fsp3) is 0.818. The van der Waals surface area contributed by atoms with E-state index in [1.807, 2.05) is 0 Å². The van der Waals surface area contributed by atoms with Gasteiger partial charge in [0.15, 0.2) is 5.82 Å². The van der Waals surface area contributed by atoms with Crippen LogP contribution in [-0.4, -0.2) is 23.4 Å². The van der Waals surface area contributed by atoms with Crippen molar-refractivity contribution in [3.05, 3.63) is 11.7 Å². The third kappa shape index (κ3) is 1.46. The Morgan fingerprint density at radius 2 is 2.19 bits per heavy atom. The van der Waals surface area contributed by atoms with Crippen molar-refractivity contribution in [3.8, 4) is 0 Å². The van der Waals surface area contributed by atoms with E-state index in [1.54, 1.807) is 0 Å². The molecule has 5 heteroatoms. The molecule has 2 fully saturated rings. The first-order valence-electron chi connectivity index (χ1n) is 5.72. The predicted molar refractivity (Wildman–Crippen MR) is 56.7 cm³/mol. The molecule has 1 aromatic rings. The van der Waals surface area contributed by atoms with E-state index in [0.29, 0.717) is 30.4 Å². The lowest BCUT2D eigenvalue weighted by molar-refractivity contribution is 0.166. The topological polar surface area (TPSA) is 74.2 Å². The van der Waals surface area contributed by atoms with Gasteiger partial charge in [0.1, 0.15) is 5.54 Å². The first-order chi connectivity index (χ1) is 7.51. The summed E-state index contributed by atoms with van der Waals surface area (Å²) in [6.07, 6.45) is 1.88. The summed E-state index contributed by atoms with van der Waals surface area (Å²) in [6, 6.07) is 0. The molecule has 0 aromatic carbocycles. The minimum Gasteiger partial charge on any atom is -0.379 e. The molecule has 0 spiro atoms. The van der Waals surface area contributed by atoms with Crippen molar-refractivity contribution in [2.45, 2.75) is 38.1 Å². The number of nitrogens with two attached hydrogens (primary N) is 1. The quantitative estimate of drug-likeness (QED) is 0.814. The molecule has 5 nitrogen and oxygen atoms in total. The molecule has 1 saturated carbocycles. The van der Waals surface area contributed by atoms with E-state index in [9.17, 15) is 0 Å². The summed E-state index contributed by atoms with van der Waals surface area (Å²) in [4.78, 5) is 4.44. The van der Waals surface area contributed by atoms with Crippen LogP contribution in [0.15, 0.2) is 4.52 Å². The first kappa shape index (κ1) is 10.2. The maximum absolute atomic E-state index is 6.16. The normalized spacial score (nSPS) is 36.6. The molecule has 1 saturated heterocycles. The smallest absolute Gasteiger partial charge is 0.249 e. The summed E-state index contributed by atoms with van der Waals surface area (Å²) >= 11 is 0. The Bertz CT molecular complexity index is 407. The maximum Gasteiger partial charge on any atom is 0.249 e. The van der Waals surface area contributed by atoms with Crippen molar-refractivity contribution >= 4 is 0 Å². The Kier molecular flexibility index (Phi) is 1.95. The van der Waals surface area contributed by atoms with Gasteiger partial charge in [0.05, 0.1) is 6.61 Å². The van der Waals surface area contributed by atoms with Gasteiger partial charge >= 0.3 is 0 Å². The monoisotopic (exact) mass is 223 g/mol. The van der Waals surface area contributed by atoms with Crippen LogP contribution in [0.3, 0.4) is 0 Å². The molecule has 0 radical (unpaired) electrons. The zero-order valence-electron chi connectivity index (χ0n) is 9.69. The van der Waals surface area contributed by atoms with E-state index in [2.05, 4.69) is 24.0 Å². The van der Waals surface area contributed by atoms with Gasteiger partial charge in [-0.15, -0.1) is 0 Å². The summed E-state index contributed by atoms with van der Waals surface area (Å²) in [5.74, 6) is 1.76. The van der Waals surface area contributed by atoms with Crippen LogP contribution in [0, 0.1) is 5.41 Å². The lowest BCUT2D eigenvalue weighted by Gasteiger charge is -2.15. The molecule has 3 rings (SSSR count). The number of hydrogen-bond donors (Lipinski definition) is 1. The van der Waals surface area contributed by atoms with E-state index in [1.165, 1.54) is 0 Å². The van der Waals surface area contributed by atoms with E-state index in [-0.39, 0.29) is 0 Å². The Hall–Kier alpha value is -0.940. The van der Waals surface area contributed by atoms with Crippen LogP contribution in [0.25, 0.3) is 0 Å². The molecule has 2 unspecified atom stereocenters. The fourth-order valence-electron chi connectivity index (χ4n) is 2.24. The van der Waals surface area contributed by atoms with Gasteiger partial charge in [0, 0.05) is 12.5 Å². The first-order valence-corrected chi connectivity index (χ1v) is 5.72. The number of hydrogen-bond acceptors (Lipinski definition) is 5. The lowest BCUT2D eigenvalue weighted by Crippen LogP contribution is -2.37. The molecule has 16 heavy (non-hydrogen) atoms. The Balaban J connectivity index is 1.83. The highest BCUT2D eigenvalue weighted by Crippen LogP contribution is 2.57. The highest BCUT2D eigenvalue weighted by molar-refractivity contribution is 5.16. The molecule has 1 aliphatic carbocycles. The zero-order chi connectivity index (χ0) is 11.4. The number of nitrogens with zero attached hydrogens (tertiary/aromatic N) is 2. The summed E-state index contributed by atoms with van der Waals surface area (Å²) in [6.45, 7) is 5.57. The van der Waals surface area contributed by atoms with E-state index < -0.39 is 5.54 Å². The number of aromatic nitrogens is 2. The Morgan fingerprint density at radius 3 is 2.75 bits per heavy atom. The van der Waals surface area contributed by atoms with Crippen LogP contribution in [0.4, 0.5) is 0 Å². The average Bonchev–Trinajstić information content (AvgIpc) is 2.68. The fourth-order valence-corrected chi connectivity index (χ4v) is 2.24. The third-order valence-electron chi connectivity index (χ3n) is 3.74. The minimum absolute atomic E-state index is 0.315. The van der Waals surface area contributed by atoms with Gasteiger partial charge in [-0.25, -0.2) is 0 Å². The molecular weight excluding hydrogens is 206 g/mol. The average molecular weight is 223 g/mol. The molecule has 0 amide bonds. The molecule has 2 heterocycles. The standard InChI is InChI=1S/C11H17N3O2/c1-10(2)5-7(10)8-13-9(16-14-8)11(12)3-4-15-6-11/h7H,3-6,12H2,1-2H3. The molecule has 2 atom stereocenters. The van der Waals surface area contributed by atoms with Gasteiger partial charge in [-0.3, -0.25) is 0 Å². The second-order valence-electron chi connectivity index (χ2n) is 5.66. The molecule has 0 bridgehead atoms. The van der Waals surface area contributed by atoms with Crippen LogP contribution in [0.1, 0.15) is 44.3 Å². The molecule has 1 aromatic heterocycles. The van der Waals surface area contributed by atoms with Crippen molar-refractivity contribution in [2.75, 3.05) is 13.2 Å². The van der Waals surface area contributed by atoms with E-state index in [4.69, 9.17) is 15.0 Å². The predicted octanol–water partition coefficient (Wildman–Crippen LogP) is 1.16.